The first-order valence-corrected chi connectivity index (χ1v) is 33.2. The molecule has 0 unspecified atom stereocenters. The number of nitro groups is 4. The van der Waals surface area contributed by atoms with E-state index in [9.17, 15) is 70.5 Å². The van der Waals surface area contributed by atoms with E-state index in [-0.39, 0.29) is 131 Å². The number of hydrogen-bond acceptors (Lipinski definition) is 32. The Kier molecular flexibility index (Phi) is 26.9. The van der Waals surface area contributed by atoms with Crippen molar-refractivity contribution in [3.8, 4) is 23.0 Å². The third-order valence-corrected chi connectivity index (χ3v) is 18.1. The van der Waals surface area contributed by atoms with Crippen molar-refractivity contribution >= 4 is 145 Å². The van der Waals surface area contributed by atoms with Gasteiger partial charge in [-0.1, -0.05) is 65.7 Å². The molecule has 0 amide bonds. The van der Waals surface area contributed by atoms with E-state index in [2.05, 4.69) is 126 Å². The number of halogens is 1. The molecule has 41 heteroatoms. The number of aromatic hydroxyl groups is 4. The molecule has 35 nitrogen and oxygen atoms in total. The summed E-state index contributed by atoms with van der Waals surface area (Å²) < 4.78 is 7.86. The second kappa shape index (κ2) is 36.0. The number of morpholine rings is 1. The molecule has 3 aliphatic carbocycles. The third kappa shape index (κ3) is 21.1. The molecule has 4 aromatic heterocycles. The van der Waals surface area contributed by atoms with Crippen molar-refractivity contribution in [2.75, 3.05) is 38.3 Å². The minimum atomic E-state index is -0.583. The maximum absolute atomic E-state index is 10.9. The summed E-state index contributed by atoms with van der Waals surface area (Å²) in [6, 6.07) is 22.9. The predicted molar refractivity (Wildman–Crippen MR) is 375 cm³/mol. The molecule has 1 radical (unpaired) electrons. The van der Waals surface area contributed by atoms with Crippen molar-refractivity contribution in [3.05, 3.63) is 224 Å². The van der Waals surface area contributed by atoms with Crippen molar-refractivity contribution < 1.29 is 86.0 Å². The fourth-order valence-corrected chi connectivity index (χ4v) is 12.2. The zero-order valence-corrected chi connectivity index (χ0v) is 57.9. The normalized spacial score (nSPS) is 16.3. The molecule has 13 rings (SSSR count). The monoisotopic (exact) mass is 1540 g/mol. The van der Waals surface area contributed by atoms with Crippen LogP contribution in [0.3, 0.4) is 0 Å². The largest absolute Gasteiger partial charge is 0.508 e. The van der Waals surface area contributed by atoms with E-state index < -0.39 is 19.7 Å². The first-order valence-electron chi connectivity index (χ1n) is 29.6. The van der Waals surface area contributed by atoms with Crippen molar-refractivity contribution in [1.82, 2.24) is 19.9 Å². The molecule has 2 fully saturated rings. The van der Waals surface area contributed by atoms with Gasteiger partial charge in [-0.05, 0) is 120 Å². The summed E-state index contributed by atoms with van der Waals surface area (Å²) in [5.41, 5.74) is 7.22. The summed E-state index contributed by atoms with van der Waals surface area (Å²) in [5.74, 6) is -2.01. The van der Waals surface area contributed by atoms with Crippen LogP contribution in [0, 0.1) is 40.5 Å². The standard InChI is InChI=1S/C26H30ClN2O.4C9H6N4O4S.Co/c1-28-24-11-8-21(27)19-23(24)26(13-3-2-4-14-26)25(28)12-7-20-5-9-22(10-6-20)29-15-17-30-18-16-29;4*14-5-1-2-6(7(15)3-5)11-12-9-10-4-8(18-9)13(16)17;/h5-12,19H,2-4,13-18H2,1H3;2*1-4H,(H2,10,12,14,15);2*1-4,14-15H;/q+1;;;;;/p-2. The number of phenolic OH excluding ortho intramolecular Hbond substituents is 4. The van der Waals surface area contributed by atoms with E-state index in [4.69, 9.17) is 26.6 Å². The number of aromatic nitrogens is 4. The summed E-state index contributed by atoms with van der Waals surface area (Å²) in [7, 11) is 2.21. The van der Waals surface area contributed by atoms with E-state index in [1.54, 1.807) is 0 Å². The quantitative estimate of drug-likeness (QED) is 0.0205. The van der Waals surface area contributed by atoms with Gasteiger partial charge >= 0.3 is 20.0 Å². The Morgan fingerprint density at radius 3 is 1.50 bits per heavy atom. The number of allylic oxidation sites excluding steroid dienone is 7. The second-order valence-corrected chi connectivity index (χ2v) is 25.6. The van der Waals surface area contributed by atoms with E-state index in [0.29, 0.717) is 0 Å². The van der Waals surface area contributed by atoms with Crippen LogP contribution in [0.4, 0.5) is 53.0 Å². The summed E-state index contributed by atoms with van der Waals surface area (Å²) >= 11 is 9.46. The van der Waals surface area contributed by atoms with Crippen LogP contribution in [0.1, 0.15) is 43.2 Å². The van der Waals surface area contributed by atoms with Gasteiger partial charge in [0.15, 0.2) is 17.3 Å². The Labute approximate surface area is 610 Å². The van der Waals surface area contributed by atoms with Gasteiger partial charge in [0.1, 0.15) is 76.8 Å². The molecule has 6 N–H and O–H groups in total. The Bertz CT molecular complexity index is 4770. The van der Waals surface area contributed by atoms with Gasteiger partial charge in [-0.2, -0.15) is 4.58 Å². The minimum Gasteiger partial charge on any atom is -0.508 e. The molecule has 4 aromatic carbocycles. The molecule has 6 heterocycles. The molecule has 1 saturated heterocycles. The maximum atomic E-state index is 10.9. The van der Waals surface area contributed by atoms with Gasteiger partial charge in [-0.3, -0.25) is 60.2 Å². The average Bonchev–Trinajstić information content (AvgIpc) is 1.58. The second-order valence-electron chi connectivity index (χ2n) is 21.2. The number of azo groups is 2. The average molecular weight is 1540 g/mol. The molecule has 1 spiro atoms. The number of fused-ring (bicyclic) bond motifs is 2. The molecule has 5 aliphatic rings. The first-order chi connectivity index (χ1) is 48.9. The Hall–Kier alpha value is -11.8. The number of aliphatic hydroxyl groups excluding tert-OH is 2. The van der Waals surface area contributed by atoms with Crippen LogP contribution in [0.15, 0.2) is 199 Å². The van der Waals surface area contributed by atoms with Crippen LogP contribution in [-0.2, 0) is 36.5 Å². The Morgan fingerprint density at radius 2 is 1.07 bits per heavy atom. The number of aliphatic hydroxyl groups is 2. The summed E-state index contributed by atoms with van der Waals surface area (Å²) in [5, 5.41) is 127. The van der Waals surface area contributed by atoms with Crippen LogP contribution >= 0.6 is 56.9 Å². The topological polar surface area (TPSA) is 496 Å². The van der Waals surface area contributed by atoms with Gasteiger partial charge in [0.2, 0.25) is 16.0 Å². The third-order valence-electron chi connectivity index (χ3n) is 14.5. The van der Waals surface area contributed by atoms with Crippen LogP contribution in [0.5, 0.6) is 23.0 Å². The molecular weight excluding hydrogens is 1490 g/mol. The number of nitrogens with zero attached hydrogens (tertiary/aromatic N) is 18. The maximum Gasteiger partial charge on any atom is 0.345 e. The van der Waals surface area contributed by atoms with Gasteiger partial charge in [-0.15, -0.1) is 20.5 Å². The van der Waals surface area contributed by atoms with E-state index in [0.717, 1.165) is 126 Å². The number of phenols is 4. The summed E-state index contributed by atoms with van der Waals surface area (Å²) in [4.78, 5) is 78.4. The smallest absolute Gasteiger partial charge is 0.345 e. The molecular formula is C62H52ClCoN18O17S4-. The summed E-state index contributed by atoms with van der Waals surface area (Å²) in [6.45, 7) is 3.58. The zero-order chi connectivity index (χ0) is 73.0. The van der Waals surface area contributed by atoms with Crippen LogP contribution in [0.25, 0.3) is 6.08 Å². The van der Waals surface area contributed by atoms with Crippen molar-refractivity contribution in [1.29, 1.82) is 0 Å². The molecule has 103 heavy (non-hydrogen) atoms. The van der Waals surface area contributed by atoms with Crippen LogP contribution in [0.2, 0.25) is 5.02 Å². The molecule has 8 aromatic rings. The van der Waals surface area contributed by atoms with Crippen LogP contribution in [-0.4, -0.2) is 127 Å². The minimum absolute atomic E-state index is 0. The number of ketones is 2. The zero-order valence-electron chi connectivity index (χ0n) is 52.9. The fraction of sp³-hybridized carbons (Fsp3) is 0.177. The molecule has 1 saturated carbocycles. The number of thiazole rings is 4. The number of ether oxygens (including phenoxy) is 1. The molecule has 533 valence electrons. The van der Waals surface area contributed by atoms with Crippen molar-refractivity contribution in [2.24, 2.45) is 40.9 Å². The number of rotatable bonds is 13. The van der Waals surface area contributed by atoms with Gasteiger partial charge in [0.25, 0.3) is 0 Å². The van der Waals surface area contributed by atoms with E-state index in [1.807, 2.05) is 6.07 Å². The number of hydrogen-bond donors (Lipinski definition) is 6. The SMILES string of the molecule is C[N+]1=C(/C=C/c2ccc(N3CCOCC3)cc2)C2(CCCCC2)c2cc(Cl)ccc21.O=C1C=CC(=NN=c2[n-]cc([N+](=O)[O-])s2)C(O)=C1.O=C1C=CC(=NN=c2[n-]cc([N+](=O)[O-])s2)C(O)=C1.O=[N+]([O-])c1cnc(N=Nc2ccc(O)cc2O)s1.O=[N+]([O-])c1cnc(N=Nc2ccc(O)cc2O)s1.[Co]. The first kappa shape index (κ1) is 77.0. The number of carbonyl (C=O) groups excluding carboxylic acids is 2. The van der Waals surface area contributed by atoms with Gasteiger partial charge in [0, 0.05) is 105 Å². The van der Waals surface area contributed by atoms with Crippen molar-refractivity contribution in [3.63, 3.8) is 0 Å². The predicted octanol–water partition coefficient (Wildman–Crippen LogP) is 12.5. The Morgan fingerprint density at radius 1 is 0.592 bits per heavy atom. The summed E-state index contributed by atoms with van der Waals surface area (Å²) in [6.07, 6.45) is 22.3. The molecule has 0 bridgehead atoms. The van der Waals surface area contributed by atoms with Gasteiger partial charge in [-0.25, -0.2) is 9.97 Å². The molecule has 0 atom stereocenters. The molecule has 2 aliphatic heterocycles. The number of anilines is 1. The number of carbonyl (C=O) groups is 2. The van der Waals surface area contributed by atoms with Gasteiger partial charge in [0.05, 0.1) is 38.3 Å². The Balaban J connectivity index is 0.000000166. The number of benzene rings is 4. The van der Waals surface area contributed by atoms with E-state index >= 15 is 0 Å². The fourth-order valence-electron chi connectivity index (χ4n) is 9.82. The van der Waals surface area contributed by atoms with Crippen LogP contribution < -0.4 is 24.5 Å². The van der Waals surface area contributed by atoms with Crippen molar-refractivity contribution in [2.45, 2.75) is 37.5 Å². The van der Waals surface area contributed by atoms with E-state index in [1.165, 1.54) is 109 Å². The van der Waals surface area contributed by atoms with Gasteiger partial charge < -0.3 is 60.4 Å².